The number of rotatable bonds is 25. The van der Waals surface area contributed by atoms with Crippen LogP contribution in [0.3, 0.4) is 0 Å². The highest BCUT2D eigenvalue weighted by Crippen LogP contribution is 2.65. The number of ketones is 2. The Morgan fingerprint density at radius 2 is 1.62 bits per heavy atom. The Labute approximate surface area is 587 Å². The molecule has 4 aromatic heterocycles. The number of alkyl halides is 1. The molecular formula is C64H67FN12O19P2S3. The van der Waals surface area contributed by atoms with Gasteiger partial charge in [0.25, 0.3) is 12.0 Å². The number of anilines is 2. The molecule has 8 N–H and O–H groups in total. The van der Waals surface area contributed by atoms with Crippen molar-refractivity contribution in [2.45, 2.75) is 94.9 Å². The van der Waals surface area contributed by atoms with E-state index < -0.39 is 93.2 Å². The molecule has 0 spiro atoms. The van der Waals surface area contributed by atoms with Crippen LogP contribution < -0.4 is 37.4 Å². The van der Waals surface area contributed by atoms with E-state index in [4.69, 9.17) is 76.0 Å². The number of nitrogen functional groups attached to an aromatic ring is 1. The SMILES string of the molecule is CC(C)[C@H](CC(=O)COCCOCCNC(=S)Nc1ccc(-c2c3ccc(=O)cc-3oc3cc(O)ccc23)c(OC=O)c1)C(=O)N[C@@H](C)C(=O)Cc1ccc(CSP2(=O)OC[C@H]3O[C@@H](n4cnc5c(N)ncnc54)[C@H](F)[C@@H]3OP(O)(=S)OC[C@H]3O[C@@H](n4cnc5c(=O)[nH]cnc54)C[C@@H]3O2)cc1. The highest BCUT2D eigenvalue weighted by Gasteiger charge is 2.52. The number of phenols is 1. The van der Waals surface area contributed by atoms with Crippen LogP contribution in [0.15, 0.2) is 118 Å². The van der Waals surface area contributed by atoms with Gasteiger partial charge >= 0.3 is 13.5 Å². The third kappa shape index (κ3) is 16.9. The number of amides is 1. The third-order valence-electron chi connectivity index (χ3n) is 16.9. The van der Waals surface area contributed by atoms with Gasteiger partial charge in [0.1, 0.15) is 71.9 Å². The normalized spacial score (nSPS) is 23.0. The molecule has 11 atom stereocenters. The van der Waals surface area contributed by atoms with Crippen LogP contribution in [0.2, 0.25) is 0 Å². The maximum absolute atomic E-state index is 16.8. The van der Waals surface area contributed by atoms with E-state index >= 15 is 8.96 Å². The van der Waals surface area contributed by atoms with E-state index in [1.54, 1.807) is 75.4 Å². The van der Waals surface area contributed by atoms with Crippen molar-refractivity contribution in [3.8, 4) is 33.9 Å². The van der Waals surface area contributed by atoms with Gasteiger partial charge in [0.15, 0.2) is 57.1 Å². The topological polar surface area (TPSA) is 408 Å². The number of benzene rings is 4. The number of aromatic amines is 1. The molecule has 0 bridgehead atoms. The average Bonchev–Trinajstić information content (AvgIpc) is 1.23. The quantitative estimate of drug-likeness (QED) is 0.00983. The van der Waals surface area contributed by atoms with Crippen LogP contribution >= 0.6 is 37.1 Å². The number of aromatic nitrogens is 8. The van der Waals surface area contributed by atoms with E-state index in [0.717, 1.165) is 11.4 Å². The van der Waals surface area contributed by atoms with Gasteiger partial charge in [0, 0.05) is 83.4 Å². The van der Waals surface area contributed by atoms with E-state index in [-0.39, 0.29) is 125 Å². The number of fused-ring (bicyclic) bond motifs is 6. The molecule has 7 aromatic rings. The van der Waals surface area contributed by atoms with Crippen molar-refractivity contribution in [3.05, 3.63) is 136 Å². The molecule has 37 heteroatoms. The Hall–Kier alpha value is -8.38. The van der Waals surface area contributed by atoms with E-state index in [9.17, 15) is 38.8 Å². The Bertz CT molecular complexity index is 4780. The zero-order valence-corrected chi connectivity index (χ0v) is 58.2. The number of carbonyl (C=O) groups is 4. The van der Waals surface area contributed by atoms with Crippen LogP contribution in [-0.2, 0) is 84.8 Å². The lowest BCUT2D eigenvalue weighted by Crippen LogP contribution is -2.44. The monoisotopic (exact) mass is 1480 g/mol. The lowest BCUT2D eigenvalue weighted by molar-refractivity contribution is -0.134. The fourth-order valence-electron chi connectivity index (χ4n) is 11.7. The summed E-state index contributed by atoms with van der Waals surface area (Å²) >= 11 is 11.7. The molecule has 3 fully saturated rings. The van der Waals surface area contributed by atoms with Gasteiger partial charge < -0.3 is 69.3 Å². The number of H-pyrrole nitrogens is 1. The highest BCUT2D eigenvalue weighted by molar-refractivity contribution is 8.54. The molecule has 3 saturated heterocycles. The lowest BCUT2D eigenvalue weighted by atomic mass is 9.89. The fraction of sp³-hybridized carbons (Fsp3) is 0.375. The number of Topliss-reactive ketones (excluding diaryl/α,β-unsaturated/α-hetero) is 2. The first-order valence-corrected chi connectivity index (χ1v) is 37.7. The molecule has 1 amide bonds. The average molecular weight is 1490 g/mol. The largest absolute Gasteiger partial charge is 0.508 e. The summed E-state index contributed by atoms with van der Waals surface area (Å²) in [6.07, 6.45) is -4.92. The molecule has 31 nitrogen and oxygen atoms in total. The number of phenolic OH excluding ortho intramolecular Hbond substituents is 1. The summed E-state index contributed by atoms with van der Waals surface area (Å²) in [5, 5.41) is 19.9. The molecule has 0 saturated carbocycles. The van der Waals surface area contributed by atoms with Crippen LogP contribution in [0, 0.1) is 11.8 Å². The Morgan fingerprint density at radius 3 is 2.43 bits per heavy atom. The minimum absolute atomic E-state index is 0.0170. The molecule has 2 unspecified atom stereocenters. The van der Waals surface area contributed by atoms with Gasteiger partial charge in [-0.1, -0.05) is 38.1 Å². The molecule has 1 aliphatic carbocycles. The highest BCUT2D eigenvalue weighted by atomic mass is 32.7. The predicted molar refractivity (Wildman–Crippen MR) is 372 cm³/mol. The van der Waals surface area contributed by atoms with Gasteiger partial charge in [-0.3, -0.25) is 51.5 Å². The lowest BCUT2D eigenvalue weighted by Gasteiger charge is -2.30. The molecule has 4 aliphatic heterocycles. The van der Waals surface area contributed by atoms with Crippen LogP contribution in [0.25, 0.3) is 55.7 Å². The first-order chi connectivity index (χ1) is 48.5. The Balaban J connectivity index is 0.602. The molecule has 101 heavy (non-hydrogen) atoms. The van der Waals surface area contributed by atoms with Crippen molar-refractivity contribution < 1.29 is 84.3 Å². The van der Waals surface area contributed by atoms with Gasteiger partial charge in [0.2, 0.25) is 5.91 Å². The van der Waals surface area contributed by atoms with E-state index in [2.05, 4.69) is 45.9 Å². The number of nitrogens with two attached hydrogens (primary N) is 1. The molecule has 532 valence electrons. The number of nitrogens with one attached hydrogen (secondary N) is 4. The number of carbonyl (C=O) groups excluding carboxylic acids is 4. The van der Waals surface area contributed by atoms with Gasteiger partial charge in [-0.2, -0.15) is 0 Å². The summed E-state index contributed by atoms with van der Waals surface area (Å²) < 4.78 is 94.1. The van der Waals surface area contributed by atoms with Crippen molar-refractivity contribution in [2.75, 3.05) is 57.2 Å². The third-order valence-corrected chi connectivity index (χ3v) is 22.3. The summed E-state index contributed by atoms with van der Waals surface area (Å²) in [5.74, 6) is -1.66. The number of aromatic hydroxyl groups is 1. The van der Waals surface area contributed by atoms with Crippen LogP contribution in [0.1, 0.15) is 57.2 Å². The second-order valence-corrected chi connectivity index (χ2v) is 31.3. The number of halogens is 1. The van der Waals surface area contributed by atoms with Crippen molar-refractivity contribution in [3.63, 3.8) is 0 Å². The van der Waals surface area contributed by atoms with Crippen molar-refractivity contribution in [2.24, 2.45) is 11.8 Å². The van der Waals surface area contributed by atoms with Crippen molar-refractivity contribution in [1.29, 1.82) is 0 Å². The Morgan fingerprint density at radius 1 is 0.871 bits per heavy atom. The zero-order chi connectivity index (χ0) is 71.3. The summed E-state index contributed by atoms with van der Waals surface area (Å²) in [5.41, 5.74) is 9.48. The van der Waals surface area contributed by atoms with Crippen LogP contribution in [0.4, 0.5) is 15.9 Å². The Kier molecular flexibility index (Phi) is 22.6. The van der Waals surface area contributed by atoms with Crippen LogP contribution in [0.5, 0.6) is 11.5 Å². The first-order valence-electron chi connectivity index (χ1n) is 31.6. The van der Waals surface area contributed by atoms with E-state index in [1.165, 1.54) is 58.7 Å². The fourth-order valence-corrected chi connectivity index (χ4v) is 16.8. The van der Waals surface area contributed by atoms with Gasteiger partial charge in [-0.25, -0.2) is 33.9 Å². The number of imidazole rings is 2. The smallest absolute Gasteiger partial charge is 0.389 e. The second-order valence-electron chi connectivity index (χ2n) is 24.1. The minimum atomic E-state index is -4.37. The standard InChI is InChI=1S/C64H67FN12O19P2S3/c1-33(2)44(20-40(81)24-88-17-16-87-15-14-67-64(99)75-37-8-11-41(46(19-37)89-32-78)53-42-12-9-38(79)21-47(42)92-48-22-39(80)10-13-43(48)53)61(83)74-34(3)45(82)18-35-4-6-36(7-5-35)27-101-98(86)91-26-51-57(54(65)63(94-51)77-31-72-55-58(66)68-28-69-59(55)77)96-97(85,100)90-25-50-49(95-98)23-52(93-50)76-30-73-56-60(76)70-29-71-62(56)84/h4-13,19,21-22,28-34,44,49-52,54,57,63,79H,14-18,20,23-27H2,1-3H3,(H,74,83)(H,85,100)(H2,66,68,69)(H2,67,75,99)(H,70,71,84)/t34-,44-,49-,50+,51+,52+,54+,57+,63+,97?,98?/m0/s1. The van der Waals surface area contributed by atoms with E-state index in [0.29, 0.717) is 57.5 Å². The second kappa shape index (κ2) is 31.5. The summed E-state index contributed by atoms with van der Waals surface area (Å²) in [4.78, 5) is 112. The molecule has 5 aliphatic rings. The molecular weight excluding hydrogens is 1420 g/mol. The van der Waals surface area contributed by atoms with Crippen molar-refractivity contribution >= 4 is 123 Å². The van der Waals surface area contributed by atoms with Gasteiger partial charge in [-0.15, -0.1) is 0 Å². The summed E-state index contributed by atoms with van der Waals surface area (Å²) in [7, 11) is 0. The maximum atomic E-state index is 16.8. The molecule has 3 aromatic carbocycles. The molecule has 0 radical (unpaired) electrons. The zero-order valence-electron chi connectivity index (χ0n) is 54.0. The minimum Gasteiger partial charge on any atom is -0.508 e. The van der Waals surface area contributed by atoms with Crippen LogP contribution in [-0.4, -0.2) is 161 Å². The predicted octanol–water partition coefficient (Wildman–Crippen LogP) is 7.13. The summed E-state index contributed by atoms with van der Waals surface area (Å²) in [6.45, 7) is -3.84. The molecule has 8 heterocycles. The molecule has 12 rings (SSSR count). The van der Waals surface area contributed by atoms with Gasteiger partial charge in [-0.05, 0) is 95.8 Å². The summed E-state index contributed by atoms with van der Waals surface area (Å²) in [6, 6.07) is 19.9. The van der Waals surface area contributed by atoms with E-state index in [1.807, 2.05) is 0 Å². The number of hydrogen-bond acceptors (Lipinski definition) is 27. The number of ether oxygens (including phenoxy) is 5. The number of nitrogens with zero attached hydrogens (tertiary/aromatic N) is 7. The number of hydrogen-bond donors (Lipinski definition) is 7. The maximum Gasteiger partial charge on any atom is 0.389 e. The van der Waals surface area contributed by atoms with Crippen molar-refractivity contribution in [1.82, 2.24) is 49.7 Å². The van der Waals surface area contributed by atoms with Gasteiger partial charge in [0.05, 0.1) is 58.1 Å². The first kappa shape index (κ1) is 72.4. The number of thiocarbonyl (C=S) groups is 1.